The summed E-state index contributed by atoms with van der Waals surface area (Å²) in [6, 6.07) is 4.04. The smallest absolute Gasteiger partial charge is 0.382 e. The lowest BCUT2D eigenvalue weighted by molar-refractivity contribution is -0.137. The monoisotopic (exact) mass is 365 g/mol. The Morgan fingerprint density at radius 2 is 2.10 bits per heavy atom. The maximum absolute atomic E-state index is 12.8. The van der Waals surface area contributed by atoms with Gasteiger partial charge in [-0.2, -0.15) is 13.2 Å². The number of hydrogen-bond acceptors (Lipinski definition) is 2. The van der Waals surface area contributed by atoms with Crippen molar-refractivity contribution in [2.24, 2.45) is 0 Å². The molecular weight excluding hydrogens is 347 g/mol. The average molecular weight is 366 g/mol. The lowest BCUT2D eigenvalue weighted by Crippen LogP contribution is -2.41. The van der Waals surface area contributed by atoms with Crippen LogP contribution in [-0.2, 0) is 10.9 Å². The van der Waals surface area contributed by atoms with E-state index in [1.54, 1.807) is 6.07 Å². The van der Waals surface area contributed by atoms with Crippen LogP contribution < -0.4 is 5.32 Å². The number of rotatable bonds is 3. The van der Waals surface area contributed by atoms with Crippen molar-refractivity contribution in [1.82, 2.24) is 0 Å². The Hall–Kier alpha value is -0.750. The van der Waals surface area contributed by atoms with Crippen LogP contribution in [0.1, 0.15) is 38.7 Å². The van der Waals surface area contributed by atoms with Crippen LogP contribution in [0.4, 0.5) is 18.9 Å². The van der Waals surface area contributed by atoms with E-state index >= 15 is 0 Å². The molecule has 6 heteroatoms. The molecule has 2 unspecified atom stereocenters. The largest absolute Gasteiger partial charge is 0.416 e. The second-order valence-electron chi connectivity index (χ2n) is 5.71. The maximum Gasteiger partial charge on any atom is 0.416 e. The molecule has 0 aliphatic carbocycles. The molecule has 1 aromatic rings. The zero-order valence-electron chi connectivity index (χ0n) is 12.1. The van der Waals surface area contributed by atoms with Crippen molar-refractivity contribution in [3.8, 4) is 0 Å². The third-order valence-corrected chi connectivity index (χ3v) is 4.40. The van der Waals surface area contributed by atoms with Crippen molar-refractivity contribution >= 4 is 21.6 Å². The Morgan fingerprint density at radius 1 is 1.38 bits per heavy atom. The quantitative estimate of drug-likeness (QED) is 0.791. The van der Waals surface area contributed by atoms with Crippen LogP contribution in [0.25, 0.3) is 0 Å². The number of benzene rings is 1. The molecule has 1 saturated heterocycles. The minimum absolute atomic E-state index is 0.124. The zero-order chi connectivity index (χ0) is 15.7. The van der Waals surface area contributed by atoms with Crippen LogP contribution in [0, 0.1) is 0 Å². The molecule has 2 rings (SSSR count). The van der Waals surface area contributed by atoms with Crippen LogP contribution >= 0.6 is 15.9 Å². The maximum atomic E-state index is 12.8. The molecule has 21 heavy (non-hydrogen) atoms. The molecule has 0 bridgehead atoms. The first kappa shape index (κ1) is 16.6. The molecule has 0 saturated carbocycles. The third-order valence-electron chi connectivity index (χ3n) is 3.94. The number of anilines is 1. The van der Waals surface area contributed by atoms with Crippen molar-refractivity contribution in [1.29, 1.82) is 0 Å². The highest BCUT2D eigenvalue weighted by atomic mass is 79.9. The Labute approximate surface area is 131 Å². The Morgan fingerprint density at radius 3 is 2.71 bits per heavy atom. The topological polar surface area (TPSA) is 21.3 Å². The molecule has 1 aliphatic rings. The highest BCUT2D eigenvalue weighted by Crippen LogP contribution is 2.35. The van der Waals surface area contributed by atoms with Gasteiger partial charge in [-0.15, -0.1) is 0 Å². The molecule has 1 heterocycles. The highest BCUT2D eigenvalue weighted by Gasteiger charge is 2.33. The van der Waals surface area contributed by atoms with Crippen LogP contribution in [-0.4, -0.2) is 18.2 Å². The van der Waals surface area contributed by atoms with Crippen molar-refractivity contribution in [2.45, 2.75) is 50.9 Å². The van der Waals surface area contributed by atoms with Crippen molar-refractivity contribution in [3.63, 3.8) is 0 Å². The Bertz CT molecular complexity index is 506. The third kappa shape index (κ3) is 4.36. The zero-order valence-corrected chi connectivity index (χ0v) is 13.6. The minimum Gasteiger partial charge on any atom is -0.382 e. The molecule has 0 aromatic heterocycles. The first-order valence-corrected chi connectivity index (χ1v) is 7.79. The van der Waals surface area contributed by atoms with E-state index in [9.17, 15) is 13.2 Å². The summed E-state index contributed by atoms with van der Waals surface area (Å²) in [5.41, 5.74) is -0.360. The summed E-state index contributed by atoms with van der Waals surface area (Å²) >= 11 is 3.14. The summed E-state index contributed by atoms with van der Waals surface area (Å²) in [5, 5.41) is 3.21. The SMILES string of the molecule is CCC1(C)CC(Nc2cc(Br)cc(C(F)(F)F)c2)CCO1. The summed E-state index contributed by atoms with van der Waals surface area (Å²) in [5.74, 6) is 0. The number of nitrogens with one attached hydrogen (secondary N) is 1. The first-order chi connectivity index (χ1) is 9.72. The molecular formula is C15H19BrF3NO. The van der Waals surface area contributed by atoms with E-state index < -0.39 is 11.7 Å². The summed E-state index contributed by atoms with van der Waals surface area (Å²) < 4.78 is 44.7. The predicted octanol–water partition coefficient (Wildman–Crippen LogP) is 5.23. The fourth-order valence-corrected chi connectivity index (χ4v) is 3.06. The van der Waals surface area contributed by atoms with Crippen molar-refractivity contribution in [2.75, 3.05) is 11.9 Å². The average Bonchev–Trinajstić information content (AvgIpc) is 2.37. The molecule has 2 nitrogen and oxygen atoms in total. The predicted molar refractivity (Wildman–Crippen MR) is 80.4 cm³/mol. The number of ether oxygens (including phenoxy) is 1. The van der Waals surface area contributed by atoms with Crippen LogP contribution in [0.5, 0.6) is 0 Å². The van der Waals surface area contributed by atoms with E-state index in [0.717, 1.165) is 31.4 Å². The lowest BCUT2D eigenvalue weighted by Gasteiger charge is -2.38. The summed E-state index contributed by atoms with van der Waals surface area (Å²) in [6.45, 7) is 4.73. The Balaban J connectivity index is 2.14. The van der Waals surface area contributed by atoms with Gasteiger partial charge in [0.15, 0.2) is 0 Å². The molecule has 0 radical (unpaired) electrons. The molecule has 1 aromatic carbocycles. The van der Waals surface area contributed by atoms with E-state index in [1.807, 2.05) is 6.92 Å². The van der Waals surface area contributed by atoms with E-state index in [1.165, 1.54) is 0 Å². The van der Waals surface area contributed by atoms with Gasteiger partial charge in [0.2, 0.25) is 0 Å². The lowest BCUT2D eigenvalue weighted by atomic mass is 9.90. The summed E-state index contributed by atoms with van der Waals surface area (Å²) in [4.78, 5) is 0. The van der Waals surface area contributed by atoms with Crippen molar-refractivity contribution < 1.29 is 17.9 Å². The van der Waals surface area contributed by atoms with E-state index in [-0.39, 0.29) is 11.6 Å². The highest BCUT2D eigenvalue weighted by molar-refractivity contribution is 9.10. The van der Waals surface area contributed by atoms with Crippen LogP contribution in [0.3, 0.4) is 0 Å². The van der Waals surface area contributed by atoms with Gasteiger partial charge in [0.05, 0.1) is 11.2 Å². The molecule has 1 aliphatic heterocycles. The molecule has 1 N–H and O–H groups in total. The second-order valence-corrected chi connectivity index (χ2v) is 6.63. The standard InChI is InChI=1S/C15H19BrF3NO/c1-3-14(2)9-12(4-5-21-14)20-13-7-10(15(17,18)19)6-11(16)8-13/h6-8,12,20H,3-5,9H2,1-2H3. The van der Waals surface area contributed by atoms with Gasteiger partial charge in [-0.3, -0.25) is 0 Å². The molecule has 118 valence electrons. The Kier molecular flexibility index (Phi) is 4.88. The summed E-state index contributed by atoms with van der Waals surface area (Å²) in [7, 11) is 0. The van der Waals surface area contributed by atoms with Gasteiger partial charge >= 0.3 is 6.18 Å². The van der Waals surface area contributed by atoms with Gasteiger partial charge in [0, 0.05) is 22.8 Å². The molecule has 0 spiro atoms. The van der Waals surface area contributed by atoms with Gasteiger partial charge in [0.1, 0.15) is 0 Å². The van der Waals surface area contributed by atoms with E-state index in [4.69, 9.17) is 4.74 Å². The van der Waals surface area contributed by atoms with Gasteiger partial charge in [-0.1, -0.05) is 22.9 Å². The summed E-state index contributed by atoms with van der Waals surface area (Å²) in [6.07, 6.45) is -1.87. The second kappa shape index (κ2) is 6.16. The fourth-order valence-electron chi connectivity index (χ4n) is 2.57. The van der Waals surface area contributed by atoms with Gasteiger partial charge < -0.3 is 10.1 Å². The molecule has 1 fully saturated rings. The number of alkyl halides is 3. The van der Waals surface area contributed by atoms with Crippen LogP contribution in [0.15, 0.2) is 22.7 Å². The van der Waals surface area contributed by atoms with E-state index in [0.29, 0.717) is 16.8 Å². The molecule has 2 atom stereocenters. The van der Waals surface area contributed by atoms with E-state index in [2.05, 4.69) is 28.2 Å². The fraction of sp³-hybridized carbons (Fsp3) is 0.600. The molecule has 0 amide bonds. The number of halogens is 4. The number of hydrogen-bond donors (Lipinski definition) is 1. The van der Waals surface area contributed by atoms with Crippen LogP contribution in [0.2, 0.25) is 0 Å². The van der Waals surface area contributed by atoms with Gasteiger partial charge in [-0.05, 0) is 44.4 Å². The first-order valence-electron chi connectivity index (χ1n) is 7.00. The van der Waals surface area contributed by atoms with Crippen molar-refractivity contribution in [3.05, 3.63) is 28.2 Å². The van der Waals surface area contributed by atoms with Gasteiger partial charge in [0.25, 0.3) is 0 Å². The minimum atomic E-state index is -4.34. The normalized spacial score (nSPS) is 26.7. The van der Waals surface area contributed by atoms with Gasteiger partial charge in [-0.25, -0.2) is 0 Å².